The molecule has 1 N–H and O–H groups in total. The van der Waals surface area contributed by atoms with Crippen LogP contribution in [0.25, 0.3) is 0 Å². The lowest BCUT2D eigenvalue weighted by Crippen LogP contribution is -2.15. The van der Waals surface area contributed by atoms with Crippen molar-refractivity contribution in [1.82, 2.24) is 0 Å². The maximum absolute atomic E-state index is 10.8. The number of para-hydroxylation sites is 1. The fourth-order valence-corrected chi connectivity index (χ4v) is 3.98. The van der Waals surface area contributed by atoms with Gasteiger partial charge in [0.15, 0.2) is 0 Å². The quantitative estimate of drug-likeness (QED) is 0.896. The minimum atomic E-state index is -0.504. The summed E-state index contributed by atoms with van der Waals surface area (Å²) in [5, 5.41) is 10.9. The zero-order chi connectivity index (χ0) is 14.7. The molecule has 1 heterocycles. The van der Waals surface area contributed by atoms with Crippen molar-refractivity contribution in [3.63, 3.8) is 0 Å². The maximum atomic E-state index is 10.8. The summed E-state index contributed by atoms with van der Waals surface area (Å²) in [6, 6.07) is 16.2. The molecule has 3 rings (SSSR count). The van der Waals surface area contributed by atoms with Crippen LogP contribution in [0.15, 0.2) is 53.4 Å². The number of aliphatic hydroxyl groups excluding tert-OH is 1. The summed E-state index contributed by atoms with van der Waals surface area (Å²) in [6.45, 7) is 2.77. The van der Waals surface area contributed by atoms with Gasteiger partial charge in [0.05, 0.1) is 12.7 Å². The first-order chi connectivity index (χ1) is 10.3. The molecular weight excluding hydrogens is 280 g/mol. The highest BCUT2D eigenvalue weighted by molar-refractivity contribution is 8.00. The minimum Gasteiger partial charge on any atom is -0.493 e. The van der Waals surface area contributed by atoms with Crippen LogP contribution in [0.4, 0.5) is 0 Å². The van der Waals surface area contributed by atoms with E-state index in [1.165, 1.54) is 10.5 Å². The molecule has 2 aromatic rings. The second kappa shape index (κ2) is 6.54. The zero-order valence-electron chi connectivity index (χ0n) is 12.2. The van der Waals surface area contributed by atoms with E-state index in [-0.39, 0.29) is 5.25 Å². The number of benzene rings is 2. The Hall–Kier alpha value is -1.45. The Morgan fingerprint density at radius 3 is 2.76 bits per heavy atom. The van der Waals surface area contributed by atoms with Crippen LogP contribution in [0, 0.1) is 0 Å². The molecular formula is C18H20O2S. The molecule has 1 aliphatic rings. The van der Waals surface area contributed by atoms with E-state index in [2.05, 4.69) is 31.2 Å². The molecule has 0 radical (unpaired) electrons. The average Bonchev–Trinajstić information content (AvgIpc) is 2.96. The number of rotatable bonds is 5. The third-order valence-electron chi connectivity index (χ3n) is 3.72. The second-order valence-corrected chi connectivity index (χ2v) is 6.58. The summed E-state index contributed by atoms with van der Waals surface area (Å²) in [5.41, 5.74) is 2.23. The largest absolute Gasteiger partial charge is 0.493 e. The van der Waals surface area contributed by atoms with Gasteiger partial charge in [0.1, 0.15) is 5.75 Å². The fraction of sp³-hybridized carbons (Fsp3) is 0.333. The van der Waals surface area contributed by atoms with Gasteiger partial charge in [-0.25, -0.2) is 0 Å². The lowest BCUT2D eigenvalue weighted by molar-refractivity contribution is 0.168. The number of hydrogen-bond donors (Lipinski definition) is 1. The first kappa shape index (κ1) is 14.5. The first-order valence-electron chi connectivity index (χ1n) is 7.44. The number of ether oxygens (including phenoxy) is 1. The van der Waals surface area contributed by atoms with Crippen molar-refractivity contribution in [2.24, 2.45) is 0 Å². The Morgan fingerprint density at radius 1 is 1.19 bits per heavy atom. The van der Waals surface area contributed by atoms with Crippen molar-refractivity contribution < 1.29 is 9.84 Å². The molecule has 110 valence electrons. The molecule has 2 nitrogen and oxygen atoms in total. The molecule has 0 saturated carbocycles. The molecule has 0 bridgehead atoms. The van der Waals surface area contributed by atoms with Gasteiger partial charge >= 0.3 is 0 Å². The molecule has 1 aliphatic heterocycles. The van der Waals surface area contributed by atoms with Crippen LogP contribution in [0.3, 0.4) is 0 Å². The zero-order valence-corrected chi connectivity index (χ0v) is 13.0. The van der Waals surface area contributed by atoms with Crippen molar-refractivity contribution in [3.8, 4) is 5.75 Å². The second-order valence-electron chi connectivity index (χ2n) is 5.30. The Bertz CT molecular complexity index is 587. The van der Waals surface area contributed by atoms with Crippen LogP contribution in [0.2, 0.25) is 0 Å². The van der Waals surface area contributed by atoms with Crippen molar-refractivity contribution >= 4 is 11.8 Å². The topological polar surface area (TPSA) is 29.5 Å². The predicted octanol–water partition coefficient (Wildman–Crippen LogP) is 4.23. The van der Waals surface area contributed by atoms with Crippen LogP contribution in [-0.4, -0.2) is 17.0 Å². The van der Waals surface area contributed by atoms with E-state index in [1.807, 2.05) is 24.3 Å². The van der Waals surface area contributed by atoms with E-state index in [4.69, 9.17) is 4.74 Å². The predicted molar refractivity (Wildman–Crippen MR) is 87.0 cm³/mol. The minimum absolute atomic E-state index is 0.161. The molecule has 2 aromatic carbocycles. The monoisotopic (exact) mass is 300 g/mol. The molecule has 2 unspecified atom stereocenters. The average molecular weight is 300 g/mol. The number of hydrogen-bond acceptors (Lipinski definition) is 3. The summed E-state index contributed by atoms with van der Waals surface area (Å²) >= 11 is 1.77. The Balaban J connectivity index is 1.79. The van der Waals surface area contributed by atoms with Crippen LogP contribution in [0.5, 0.6) is 5.75 Å². The van der Waals surface area contributed by atoms with Gasteiger partial charge in [-0.2, -0.15) is 0 Å². The van der Waals surface area contributed by atoms with Gasteiger partial charge in [-0.15, -0.1) is 11.8 Å². The maximum Gasteiger partial charge on any atom is 0.125 e. The van der Waals surface area contributed by atoms with Crippen LogP contribution < -0.4 is 4.74 Å². The van der Waals surface area contributed by atoms with E-state index < -0.39 is 6.10 Å². The van der Waals surface area contributed by atoms with Crippen LogP contribution in [-0.2, 0) is 6.42 Å². The van der Waals surface area contributed by atoms with Crippen LogP contribution in [0.1, 0.15) is 30.6 Å². The summed E-state index contributed by atoms with van der Waals surface area (Å²) in [4.78, 5) is 1.29. The SMILES string of the molecule is CCCOc1ccccc1C(O)C1Cc2ccccc2S1. The normalized spacial score (nSPS) is 18.3. The van der Waals surface area contributed by atoms with Gasteiger partial charge in [0.2, 0.25) is 0 Å². The van der Waals surface area contributed by atoms with Gasteiger partial charge in [-0.05, 0) is 30.5 Å². The summed E-state index contributed by atoms with van der Waals surface area (Å²) in [7, 11) is 0. The Morgan fingerprint density at radius 2 is 1.95 bits per heavy atom. The van der Waals surface area contributed by atoms with Gasteiger partial charge in [0.25, 0.3) is 0 Å². The van der Waals surface area contributed by atoms with E-state index in [0.717, 1.165) is 24.2 Å². The fourth-order valence-electron chi connectivity index (χ4n) is 2.65. The Kier molecular flexibility index (Phi) is 4.51. The summed E-state index contributed by atoms with van der Waals surface area (Å²) in [5.74, 6) is 0.809. The van der Waals surface area contributed by atoms with E-state index in [1.54, 1.807) is 11.8 Å². The van der Waals surface area contributed by atoms with Gasteiger partial charge in [-0.1, -0.05) is 43.3 Å². The third-order valence-corrected chi connectivity index (χ3v) is 5.10. The molecule has 2 atom stereocenters. The molecule has 0 spiro atoms. The van der Waals surface area contributed by atoms with Crippen LogP contribution >= 0.6 is 11.8 Å². The molecule has 0 saturated heterocycles. The van der Waals surface area contributed by atoms with Gasteiger partial charge in [0, 0.05) is 15.7 Å². The standard InChI is InChI=1S/C18H20O2S/c1-2-11-20-15-9-5-4-8-14(15)18(19)17-12-13-7-3-6-10-16(13)21-17/h3-10,17-19H,2,11-12H2,1H3. The first-order valence-corrected chi connectivity index (χ1v) is 8.32. The highest BCUT2D eigenvalue weighted by Crippen LogP contribution is 2.44. The molecule has 0 aromatic heterocycles. The molecule has 0 aliphatic carbocycles. The smallest absolute Gasteiger partial charge is 0.125 e. The highest BCUT2D eigenvalue weighted by atomic mass is 32.2. The Labute approximate surface area is 130 Å². The number of fused-ring (bicyclic) bond motifs is 1. The summed E-state index contributed by atoms with van der Waals surface area (Å²) < 4.78 is 5.77. The highest BCUT2D eigenvalue weighted by Gasteiger charge is 2.30. The lowest BCUT2D eigenvalue weighted by atomic mass is 10.0. The van der Waals surface area contributed by atoms with Crippen molar-refractivity contribution in [2.45, 2.75) is 36.0 Å². The number of aliphatic hydroxyl groups is 1. The van der Waals surface area contributed by atoms with E-state index in [9.17, 15) is 5.11 Å². The molecule has 3 heteroatoms. The van der Waals surface area contributed by atoms with E-state index >= 15 is 0 Å². The molecule has 0 fully saturated rings. The van der Waals surface area contributed by atoms with Crippen molar-refractivity contribution in [3.05, 3.63) is 59.7 Å². The molecule has 21 heavy (non-hydrogen) atoms. The molecule has 0 amide bonds. The summed E-state index contributed by atoms with van der Waals surface area (Å²) in [6.07, 6.45) is 1.37. The third kappa shape index (κ3) is 3.09. The number of thioether (sulfide) groups is 1. The van der Waals surface area contributed by atoms with Gasteiger partial charge < -0.3 is 9.84 Å². The van der Waals surface area contributed by atoms with Crippen molar-refractivity contribution in [2.75, 3.05) is 6.61 Å². The van der Waals surface area contributed by atoms with E-state index in [0.29, 0.717) is 6.61 Å². The lowest BCUT2D eigenvalue weighted by Gasteiger charge is -2.20. The van der Waals surface area contributed by atoms with Gasteiger partial charge in [-0.3, -0.25) is 0 Å². The van der Waals surface area contributed by atoms with Crippen molar-refractivity contribution in [1.29, 1.82) is 0 Å².